The van der Waals surface area contributed by atoms with Crippen LogP contribution in [0.2, 0.25) is 0 Å². The van der Waals surface area contributed by atoms with E-state index in [-0.39, 0.29) is 5.75 Å². The van der Waals surface area contributed by atoms with Gasteiger partial charge in [-0.1, -0.05) is 90.4 Å². The van der Waals surface area contributed by atoms with Gasteiger partial charge in [-0.3, -0.25) is 0 Å². The van der Waals surface area contributed by atoms with Crippen molar-refractivity contribution in [3.8, 4) is 11.5 Å². The second kappa shape index (κ2) is 14.2. The van der Waals surface area contributed by atoms with Crippen LogP contribution in [-0.4, -0.2) is 10.2 Å². The quantitative estimate of drug-likeness (QED) is 0.265. The number of rotatable bonds is 15. The van der Waals surface area contributed by atoms with E-state index in [0.29, 0.717) is 5.75 Å². The van der Waals surface area contributed by atoms with E-state index >= 15 is 0 Å². The van der Waals surface area contributed by atoms with Gasteiger partial charge >= 0.3 is 0 Å². The van der Waals surface area contributed by atoms with Crippen molar-refractivity contribution in [2.45, 2.75) is 103 Å². The lowest BCUT2D eigenvalue weighted by atomic mass is 10.0. The Hall–Kier alpha value is -1.18. The molecule has 0 bridgehead atoms. The van der Waals surface area contributed by atoms with E-state index in [4.69, 9.17) is 0 Å². The van der Waals surface area contributed by atoms with Crippen LogP contribution in [-0.2, 0) is 6.42 Å². The zero-order valence-electron chi connectivity index (χ0n) is 15.7. The van der Waals surface area contributed by atoms with Crippen LogP contribution in [0.3, 0.4) is 0 Å². The molecule has 0 aromatic heterocycles. The number of aromatic hydroxyl groups is 2. The molecule has 1 aromatic carbocycles. The molecule has 2 nitrogen and oxygen atoms in total. The van der Waals surface area contributed by atoms with Crippen LogP contribution in [0, 0.1) is 0 Å². The van der Waals surface area contributed by atoms with Crippen LogP contribution >= 0.6 is 0 Å². The number of phenols is 2. The predicted octanol–water partition coefficient (Wildman–Crippen LogP) is 7.12. The molecule has 1 rings (SSSR count). The minimum Gasteiger partial charge on any atom is -0.508 e. The van der Waals surface area contributed by atoms with Gasteiger partial charge < -0.3 is 10.2 Å². The molecule has 0 aliphatic heterocycles. The van der Waals surface area contributed by atoms with Crippen molar-refractivity contribution in [1.29, 1.82) is 0 Å². The second-order valence-corrected chi connectivity index (χ2v) is 7.16. The molecule has 0 aliphatic carbocycles. The molecule has 0 radical (unpaired) electrons. The first-order valence-electron chi connectivity index (χ1n) is 10.2. The molecule has 0 fully saturated rings. The Balaban J connectivity index is 1.85. The van der Waals surface area contributed by atoms with E-state index in [2.05, 4.69) is 6.92 Å². The molecular weight excluding hydrogens is 296 g/mol. The van der Waals surface area contributed by atoms with Gasteiger partial charge in [0.2, 0.25) is 0 Å². The number of phenolic OH excluding ortho intramolecular Hbond substituents is 2. The smallest absolute Gasteiger partial charge is 0.119 e. The number of hydrogen-bond donors (Lipinski definition) is 2. The van der Waals surface area contributed by atoms with Gasteiger partial charge in [-0.05, 0) is 36.6 Å². The molecule has 0 atom stereocenters. The Kier molecular flexibility index (Phi) is 12.3. The number of unbranched alkanes of at least 4 members (excludes halogenated alkanes) is 13. The summed E-state index contributed by atoms with van der Waals surface area (Å²) in [4.78, 5) is 0. The average Bonchev–Trinajstić information content (AvgIpc) is 2.58. The van der Waals surface area contributed by atoms with Gasteiger partial charge in [0.05, 0.1) is 0 Å². The van der Waals surface area contributed by atoms with Gasteiger partial charge in [-0.25, -0.2) is 0 Å². The molecule has 0 unspecified atom stereocenters. The molecule has 1 aromatic rings. The van der Waals surface area contributed by atoms with E-state index in [1.165, 1.54) is 89.5 Å². The fraction of sp³-hybridized carbons (Fsp3) is 0.727. The summed E-state index contributed by atoms with van der Waals surface area (Å²) in [5.41, 5.74) is 0.869. The maximum Gasteiger partial charge on any atom is 0.119 e. The van der Waals surface area contributed by atoms with Crippen molar-refractivity contribution >= 4 is 0 Å². The molecule has 2 heteroatoms. The maximum atomic E-state index is 9.73. The lowest BCUT2D eigenvalue weighted by molar-refractivity contribution is 0.452. The van der Waals surface area contributed by atoms with Crippen LogP contribution in [0.5, 0.6) is 11.5 Å². The maximum absolute atomic E-state index is 9.73. The molecule has 0 heterocycles. The summed E-state index contributed by atoms with van der Waals surface area (Å²) in [6.45, 7) is 2.27. The highest BCUT2D eigenvalue weighted by atomic mass is 16.3. The summed E-state index contributed by atoms with van der Waals surface area (Å²) in [5.74, 6) is 0.552. The van der Waals surface area contributed by atoms with Crippen molar-refractivity contribution < 1.29 is 10.2 Å². The average molecular weight is 335 g/mol. The summed E-state index contributed by atoms with van der Waals surface area (Å²) in [6.07, 6.45) is 19.8. The summed E-state index contributed by atoms with van der Waals surface area (Å²) in [7, 11) is 0. The zero-order chi connectivity index (χ0) is 17.5. The molecule has 0 saturated heterocycles. The third kappa shape index (κ3) is 10.6. The summed E-state index contributed by atoms with van der Waals surface area (Å²) < 4.78 is 0. The minimum atomic E-state index is 0.244. The molecule has 24 heavy (non-hydrogen) atoms. The normalized spacial score (nSPS) is 11.0. The standard InChI is InChI=1S/C22H38O2/c1-2-3-4-5-6-7-8-9-10-11-12-13-14-15-16-20-19-21(23)17-18-22(20)24/h17-19,23-24H,2-16H2,1H3. The fourth-order valence-electron chi connectivity index (χ4n) is 3.28. The Morgan fingerprint density at radius 1 is 0.625 bits per heavy atom. The third-order valence-corrected chi connectivity index (χ3v) is 4.86. The van der Waals surface area contributed by atoms with Crippen LogP contribution in [0.1, 0.15) is 102 Å². The lowest BCUT2D eigenvalue weighted by Crippen LogP contribution is -1.88. The number of hydrogen-bond acceptors (Lipinski definition) is 2. The third-order valence-electron chi connectivity index (χ3n) is 4.86. The first kappa shape index (κ1) is 20.9. The van der Waals surface area contributed by atoms with E-state index in [9.17, 15) is 10.2 Å². The monoisotopic (exact) mass is 334 g/mol. The van der Waals surface area contributed by atoms with E-state index in [0.717, 1.165) is 18.4 Å². The Labute approximate surface area is 149 Å². The van der Waals surface area contributed by atoms with Gasteiger partial charge in [0, 0.05) is 0 Å². The van der Waals surface area contributed by atoms with Crippen LogP contribution in [0.15, 0.2) is 18.2 Å². The first-order valence-corrected chi connectivity index (χ1v) is 10.2. The van der Waals surface area contributed by atoms with E-state index < -0.39 is 0 Å². The largest absolute Gasteiger partial charge is 0.508 e. The Morgan fingerprint density at radius 2 is 1.08 bits per heavy atom. The van der Waals surface area contributed by atoms with Gasteiger partial charge in [0.1, 0.15) is 11.5 Å². The van der Waals surface area contributed by atoms with E-state index in [1.54, 1.807) is 12.1 Å². The Bertz CT molecular complexity index is 414. The van der Waals surface area contributed by atoms with Crippen LogP contribution in [0.25, 0.3) is 0 Å². The summed E-state index contributed by atoms with van der Waals surface area (Å²) >= 11 is 0. The lowest BCUT2D eigenvalue weighted by Gasteiger charge is -2.06. The summed E-state index contributed by atoms with van der Waals surface area (Å²) in [5, 5.41) is 19.2. The molecular formula is C22H38O2. The molecule has 0 aliphatic rings. The van der Waals surface area contributed by atoms with Crippen molar-refractivity contribution in [2.75, 3.05) is 0 Å². The highest BCUT2D eigenvalue weighted by molar-refractivity contribution is 5.38. The highest BCUT2D eigenvalue weighted by Gasteiger charge is 2.02. The molecule has 0 saturated carbocycles. The molecule has 2 N–H and O–H groups in total. The summed E-state index contributed by atoms with van der Waals surface area (Å²) in [6, 6.07) is 4.79. The van der Waals surface area contributed by atoms with Gasteiger partial charge in [-0.2, -0.15) is 0 Å². The van der Waals surface area contributed by atoms with Crippen LogP contribution < -0.4 is 0 Å². The van der Waals surface area contributed by atoms with E-state index in [1.807, 2.05) is 0 Å². The predicted molar refractivity (Wildman–Crippen MR) is 104 cm³/mol. The molecule has 0 amide bonds. The zero-order valence-corrected chi connectivity index (χ0v) is 15.7. The first-order chi connectivity index (χ1) is 11.7. The van der Waals surface area contributed by atoms with Crippen molar-refractivity contribution in [3.05, 3.63) is 23.8 Å². The second-order valence-electron chi connectivity index (χ2n) is 7.16. The number of aryl methyl sites for hydroxylation is 1. The SMILES string of the molecule is CCCCCCCCCCCCCCCCc1cc(O)ccc1O. The highest BCUT2D eigenvalue weighted by Crippen LogP contribution is 2.24. The molecule has 138 valence electrons. The molecule has 0 spiro atoms. The van der Waals surface area contributed by atoms with Crippen molar-refractivity contribution in [1.82, 2.24) is 0 Å². The van der Waals surface area contributed by atoms with Gasteiger partial charge in [0.25, 0.3) is 0 Å². The van der Waals surface area contributed by atoms with Crippen molar-refractivity contribution in [3.63, 3.8) is 0 Å². The minimum absolute atomic E-state index is 0.244. The fourth-order valence-corrected chi connectivity index (χ4v) is 3.28. The topological polar surface area (TPSA) is 40.5 Å². The van der Waals surface area contributed by atoms with Crippen molar-refractivity contribution in [2.24, 2.45) is 0 Å². The number of benzene rings is 1. The van der Waals surface area contributed by atoms with Crippen LogP contribution in [0.4, 0.5) is 0 Å². The Morgan fingerprint density at radius 3 is 1.58 bits per heavy atom. The van der Waals surface area contributed by atoms with Gasteiger partial charge in [-0.15, -0.1) is 0 Å². The van der Waals surface area contributed by atoms with Gasteiger partial charge in [0.15, 0.2) is 0 Å².